The second kappa shape index (κ2) is 5.67. The van der Waals surface area contributed by atoms with Crippen LogP contribution in [0.5, 0.6) is 0 Å². The Morgan fingerprint density at radius 1 is 1.29 bits per heavy atom. The van der Waals surface area contributed by atoms with Crippen LogP contribution in [0.4, 0.5) is 0 Å². The lowest BCUT2D eigenvalue weighted by molar-refractivity contribution is 0.0722. The maximum Gasteiger partial charge on any atom is 0.264 e. The summed E-state index contributed by atoms with van der Waals surface area (Å²) in [5.41, 5.74) is 1.11. The Morgan fingerprint density at radius 2 is 1.94 bits per heavy atom. The molecule has 17 heavy (non-hydrogen) atoms. The first-order chi connectivity index (χ1) is 8.20. The van der Waals surface area contributed by atoms with Crippen molar-refractivity contribution in [1.29, 1.82) is 0 Å². The molecule has 0 unspecified atom stereocenters. The molecule has 0 aliphatic heterocycles. The van der Waals surface area contributed by atoms with E-state index in [0.717, 1.165) is 10.4 Å². The van der Waals surface area contributed by atoms with E-state index in [1.807, 2.05) is 30.3 Å². The van der Waals surface area contributed by atoms with Crippen LogP contribution in [0.3, 0.4) is 0 Å². The number of carbonyl (C=O) groups excluding carboxylic acids is 1. The van der Waals surface area contributed by atoms with Crippen LogP contribution in [0.1, 0.15) is 53.8 Å². The third kappa shape index (κ3) is 2.89. The summed E-state index contributed by atoms with van der Waals surface area (Å²) in [6.45, 7) is 2.02. The second-order valence-electron chi connectivity index (χ2n) is 4.99. The normalized spacial score (nSPS) is 17.8. The number of rotatable bonds is 2. The van der Waals surface area contributed by atoms with Gasteiger partial charge in [0.2, 0.25) is 0 Å². The first-order valence-corrected chi connectivity index (χ1v) is 7.39. The molecule has 1 aromatic heterocycles. The molecule has 1 heterocycles. The molecule has 1 aliphatic carbocycles. The molecule has 0 radical (unpaired) electrons. The van der Waals surface area contributed by atoms with Crippen molar-refractivity contribution in [1.82, 2.24) is 4.90 Å². The largest absolute Gasteiger partial charge is 0.338 e. The SMILES string of the molecule is Cc1ccsc1C(=O)N(C)C1CCCCCC1. The lowest BCUT2D eigenvalue weighted by Crippen LogP contribution is -2.36. The third-order valence-electron chi connectivity index (χ3n) is 3.75. The molecule has 0 saturated heterocycles. The maximum absolute atomic E-state index is 12.4. The molecule has 0 spiro atoms. The Labute approximate surface area is 108 Å². The van der Waals surface area contributed by atoms with E-state index in [1.165, 1.54) is 38.5 Å². The number of hydrogen-bond donors (Lipinski definition) is 0. The number of carbonyl (C=O) groups is 1. The van der Waals surface area contributed by atoms with E-state index in [4.69, 9.17) is 0 Å². The molecule has 1 fully saturated rings. The molecule has 94 valence electrons. The highest BCUT2D eigenvalue weighted by atomic mass is 32.1. The molecule has 3 heteroatoms. The van der Waals surface area contributed by atoms with E-state index in [0.29, 0.717) is 6.04 Å². The predicted octanol–water partition coefficient (Wildman–Crippen LogP) is 3.85. The highest BCUT2D eigenvalue weighted by Crippen LogP contribution is 2.24. The summed E-state index contributed by atoms with van der Waals surface area (Å²) in [6.07, 6.45) is 7.55. The number of nitrogens with zero attached hydrogens (tertiary/aromatic N) is 1. The van der Waals surface area contributed by atoms with Gasteiger partial charge in [0.25, 0.3) is 5.91 Å². The molecule has 0 bridgehead atoms. The molecule has 0 atom stereocenters. The number of aryl methyl sites for hydroxylation is 1. The summed E-state index contributed by atoms with van der Waals surface area (Å²) < 4.78 is 0. The summed E-state index contributed by atoms with van der Waals surface area (Å²) in [5, 5.41) is 2.00. The van der Waals surface area contributed by atoms with Crippen LogP contribution >= 0.6 is 11.3 Å². The molecule has 1 saturated carbocycles. The fourth-order valence-corrected chi connectivity index (χ4v) is 3.47. The van der Waals surface area contributed by atoms with E-state index >= 15 is 0 Å². The monoisotopic (exact) mass is 251 g/mol. The van der Waals surface area contributed by atoms with Crippen molar-refractivity contribution in [3.63, 3.8) is 0 Å². The predicted molar refractivity (Wildman–Crippen MR) is 72.6 cm³/mol. The van der Waals surface area contributed by atoms with Gasteiger partial charge in [-0.25, -0.2) is 0 Å². The van der Waals surface area contributed by atoms with Crippen molar-refractivity contribution in [2.24, 2.45) is 0 Å². The molecule has 0 N–H and O–H groups in total. The molecular weight excluding hydrogens is 230 g/mol. The van der Waals surface area contributed by atoms with Crippen LogP contribution in [-0.4, -0.2) is 23.9 Å². The summed E-state index contributed by atoms with van der Waals surface area (Å²) in [7, 11) is 1.97. The van der Waals surface area contributed by atoms with Crippen molar-refractivity contribution < 1.29 is 4.79 Å². The van der Waals surface area contributed by atoms with E-state index in [-0.39, 0.29) is 5.91 Å². The molecule has 0 aromatic carbocycles. The van der Waals surface area contributed by atoms with Crippen LogP contribution in [-0.2, 0) is 0 Å². The van der Waals surface area contributed by atoms with Crippen LogP contribution in [0.25, 0.3) is 0 Å². The first kappa shape index (κ1) is 12.6. The van der Waals surface area contributed by atoms with Gasteiger partial charge in [-0.05, 0) is 36.8 Å². The van der Waals surface area contributed by atoms with Crippen LogP contribution in [0.2, 0.25) is 0 Å². The topological polar surface area (TPSA) is 20.3 Å². The molecule has 1 aromatic rings. The third-order valence-corrected chi connectivity index (χ3v) is 4.75. The van der Waals surface area contributed by atoms with Gasteiger partial charge in [-0.3, -0.25) is 4.79 Å². The average Bonchev–Trinajstić information content (AvgIpc) is 2.60. The Balaban J connectivity index is 2.06. The average molecular weight is 251 g/mol. The second-order valence-corrected chi connectivity index (χ2v) is 5.91. The van der Waals surface area contributed by atoms with E-state index in [9.17, 15) is 4.79 Å². The highest BCUT2D eigenvalue weighted by Gasteiger charge is 2.23. The highest BCUT2D eigenvalue weighted by molar-refractivity contribution is 7.12. The van der Waals surface area contributed by atoms with Crippen molar-refractivity contribution in [3.8, 4) is 0 Å². The van der Waals surface area contributed by atoms with Crippen LogP contribution in [0.15, 0.2) is 11.4 Å². The molecule has 2 nitrogen and oxygen atoms in total. The summed E-state index contributed by atoms with van der Waals surface area (Å²) in [5.74, 6) is 0.212. The van der Waals surface area contributed by atoms with Crippen LogP contribution < -0.4 is 0 Å². The zero-order valence-corrected chi connectivity index (χ0v) is 11.6. The van der Waals surface area contributed by atoms with Gasteiger partial charge in [0, 0.05) is 13.1 Å². The van der Waals surface area contributed by atoms with Gasteiger partial charge in [0.1, 0.15) is 0 Å². The molecule has 1 amide bonds. The van der Waals surface area contributed by atoms with E-state index in [2.05, 4.69) is 0 Å². The Hall–Kier alpha value is -0.830. The van der Waals surface area contributed by atoms with Crippen molar-refractivity contribution >= 4 is 17.2 Å². The van der Waals surface area contributed by atoms with Crippen molar-refractivity contribution in [2.75, 3.05) is 7.05 Å². The zero-order chi connectivity index (χ0) is 12.3. The summed E-state index contributed by atoms with van der Waals surface area (Å²) >= 11 is 1.56. The molecular formula is C14H21NOS. The van der Waals surface area contributed by atoms with E-state index in [1.54, 1.807) is 11.3 Å². The lowest BCUT2D eigenvalue weighted by atomic mass is 10.1. The van der Waals surface area contributed by atoms with E-state index < -0.39 is 0 Å². The van der Waals surface area contributed by atoms with Crippen LogP contribution in [0, 0.1) is 6.92 Å². The standard InChI is InChI=1S/C14H21NOS/c1-11-9-10-17-13(11)14(16)15(2)12-7-5-3-4-6-8-12/h9-10,12H,3-8H2,1-2H3. The summed E-state index contributed by atoms with van der Waals surface area (Å²) in [4.78, 5) is 15.3. The maximum atomic E-state index is 12.4. The number of thiophene rings is 1. The Morgan fingerprint density at radius 3 is 2.47 bits per heavy atom. The summed E-state index contributed by atoms with van der Waals surface area (Å²) in [6, 6.07) is 2.48. The quantitative estimate of drug-likeness (QED) is 0.731. The van der Waals surface area contributed by atoms with Gasteiger partial charge in [-0.2, -0.15) is 0 Å². The first-order valence-electron chi connectivity index (χ1n) is 6.51. The Kier molecular flexibility index (Phi) is 4.21. The van der Waals surface area contributed by atoms with Crippen molar-refractivity contribution in [2.45, 2.75) is 51.5 Å². The minimum Gasteiger partial charge on any atom is -0.338 e. The van der Waals surface area contributed by atoms with Crippen molar-refractivity contribution in [3.05, 3.63) is 21.9 Å². The fraction of sp³-hybridized carbons (Fsp3) is 0.643. The van der Waals surface area contributed by atoms with Gasteiger partial charge in [-0.15, -0.1) is 11.3 Å². The Bertz CT molecular complexity index is 377. The number of amides is 1. The number of hydrogen-bond acceptors (Lipinski definition) is 2. The van der Waals surface area contributed by atoms with Gasteiger partial charge < -0.3 is 4.90 Å². The van der Waals surface area contributed by atoms with Gasteiger partial charge in [-0.1, -0.05) is 25.7 Å². The van der Waals surface area contributed by atoms with Gasteiger partial charge >= 0.3 is 0 Å². The lowest BCUT2D eigenvalue weighted by Gasteiger charge is -2.27. The van der Waals surface area contributed by atoms with Gasteiger partial charge in [0.15, 0.2) is 0 Å². The molecule has 1 aliphatic rings. The smallest absolute Gasteiger partial charge is 0.264 e. The fourth-order valence-electron chi connectivity index (χ4n) is 2.56. The molecule has 2 rings (SSSR count). The van der Waals surface area contributed by atoms with Gasteiger partial charge in [0.05, 0.1) is 4.88 Å². The minimum absolute atomic E-state index is 0.212. The zero-order valence-electron chi connectivity index (χ0n) is 10.7. The minimum atomic E-state index is 0.212.